The van der Waals surface area contributed by atoms with E-state index in [9.17, 15) is 4.79 Å². The number of thioether (sulfide) groups is 1. The van der Waals surface area contributed by atoms with Gasteiger partial charge < -0.3 is 10.4 Å². The Kier molecular flexibility index (Phi) is 5.62. The van der Waals surface area contributed by atoms with E-state index in [2.05, 4.69) is 10.3 Å². The first-order valence-corrected chi connectivity index (χ1v) is 6.71. The fraction of sp³-hybridized carbons (Fsp3) is 0.417. The molecule has 0 spiro atoms. The van der Waals surface area contributed by atoms with Crippen LogP contribution in [-0.4, -0.2) is 40.2 Å². The van der Waals surface area contributed by atoms with Crippen molar-refractivity contribution in [3.05, 3.63) is 29.6 Å². The van der Waals surface area contributed by atoms with Crippen LogP contribution >= 0.6 is 11.8 Å². The molecule has 0 aliphatic heterocycles. The smallest absolute Gasteiger partial charge is 0.270 e. The summed E-state index contributed by atoms with van der Waals surface area (Å²) >= 11 is 1.49. The zero-order valence-corrected chi connectivity index (χ0v) is 11.1. The number of carbonyl (C=O) groups is 1. The SMILES string of the molecule is CSC(CO)C(C)NC(=O)c1ccc(C#N)cn1. The van der Waals surface area contributed by atoms with Gasteiger partial charge in [-0.3, -0.25) is 4.79 Å². The molecule has 18 heavy (non-hydrogen) atoms. The van der Waals surface area contributed by atoms with Crippen LogP contribution in [0.5, 0.6) is 0 Å². The summed E-state index contributed by atoms with van der Waals surface area (Å²) in [5.41, 5.74) is 0.676. The largest absolute Gasteiger partial charge is 0.395 e. The molecule has 1 aromatic rings. The third kappa shape index (κ3) is 3.72. The molecule has 1 amide bonds. The number of nitriles is 1. The van der Waals surface area contributed by atoms with Gasteiger partial charge in [0.1, 0.15) is 11.8 Å². The summed E-state index contributed by atoms with van der Waals surface area (Å²) in [7, 11) is 0. The Morgan fingerprint density at radius 2 is 2.39 bits per heavy atom. The van der Waals surface area contributed by atoms with Gasteiger partial charge in [-0.25, -0.2) is 4.98 Å². The highest BCUT2D eigenvalue weighted by Crippen LogP contribution is 2.10. The number of aromatic nitrogens is 1. The molecule has 0 fully saturated rings. The molecule has 1 heterocycles. The lowest BCUT2D eigenvalue weighted by Crippen LogP contribution is -2.41. The average molecular weight is 265 g/mol. The van der Waals surface area contributed by atoms with E-state index < -0.39 is 0 Å². The maximum Gasteiger partial charge on any atom is 0.270 e. The van der Waals surface area contributed by atoms with Gasteiger partial charge in [-0.2, -0.15) is 17.0 Å². The van der Waals surface area contributed by atoms with E-state index in [1.54, 1.807) is 6.07 Å². The summed E-state index contributed by atoms with van der Waals surface area (Å²) in [6, 6.07) is 4.84. The Balaban J connectivity index is 2.67. The van der Waals surface area contributed by atoms with Crippen LogP contribution in [0, 0.1) is 11.3 Å². The van der Waals surface area contributed by atoms with Crippen molar-refractivity contribution in [3.8, 4) is 6.07 Å². The van der Waals surface area contributed by atoms with Crippen molar-refractivity contribution in [2.75, 3.05) is 12.9 Å². The van der Waals surface area contributed by atoms with Gasteiger partial charge in [0.2, 0.25) is 0 Å². The van der Waals surface area contributed by atoms with Gasteiger partial charge >= 0.3 is 0 Å². The standard InChI is InChI=1S/C12H15N3O2S/c1-8(11(7-16)18-2)15-12(17)10-4-3-9(5-13)6-14-10/h3-4,6,8,11,16H,7H2,1-2H3,(H,15,17). The van der Waals surface area contributed by atoms with E-state index in [4.69, 9.17) is 10.4 Å². The number of pyridine rings is 1. The zero-order chi connectivity index (χ0) is 13.5. The van der Waals surface area contributed by atoms with Gasteiger partial charge in [0.25, 0.3) is 5.91 Å². The first kappa shape index (κ1) is 14.5. The molecule has 6 heteroatoms. The van der Waals surface area contributed by atoms with Crippen molar-refractivity contribution in [3.63, 3.8) is 0 Å². The normalized spacial score (nSPS) is 13.4. The highest BCUT2D eigenvalue weighted by molar-refractivity contribution is 7.99. The molecule has 0 aliphatic rings. The monoisotopic (exact) mass is 265 g/mol. The Hall–Kier alpha value is -1.58. The highest BCUT2D eigenvalue weighted by atomic mass is 32.2. The Morgan fingerprint density at radius 3 is 2.83 bits per heavy atom. The minimum atomic E-state index is -0.306. The third-order valence-electron chi connectivity index (χ3n) is 2.52. The average Bonchev–Trinajstić information content (AvgIpc) is 2.40. The van der Waals surface area contributed by atoms with Crippen molar-refractivity contribution in [1.82, 2.24) is 10.3 Å². The van der Waals surface area contributed by atoms with Gasteiger partial charge in [0, 0.05) is 17.5 Å². The van der Waals surface area contributed by atoms with Crippen molar-refractivity contribution in [2.45, 2.75) is 18.2 Å². The molecule has 1 rings (SSSR count). The Labute approximate surface area is 110 Å². The number of rotatable bonds is 5. The van der Waals surface area contributed by atoms with E-state index in [0.29, 0.717) is 5.56 Å². The van der Waals surface area contributed by atoms with E-state index in [1.165, 1.54) is 24.0 Å². The molecule has 0 saturated heterocycles. The van der Waals surface area contributed by atoms with Crippen LogP contribution in [0.25, 0.3) is 0 Å². The van der Waals surface area contributed by atoms with Gasteiger partial charge in [-0.15, -0.1) is 0 Å². The molecule has 2 unspecified atom stereocenters. The van der Waals surface area contributed by atoms with Crippen LogP contribution < -0.4 is 5.32 Å². The summed E-state index contributed by atoms with van der Waals surface area (Å²) in [5.74, 6) is -0.306. The van der Waals surface area contributed by atoms with Crippen LogP contribution in [-0.2, 0) is 0 Å². The number of hydrogen-bond acceptors (Lipinski definition) is 5. The summed E-state index contributed by atoms with van der Waals surface area (Å²) < 4.78 is 0. The second-order valence-electron chi connectivity index (χ2n) is 3.76. The maximum absolute atomic E-state index is 11.8. The van der Waals surface area contributed by atoms with Crippen molar-refractivity contribution < 1.29 is 9.90 Å². The molecule has 0 bridgehead atoms. The lowest BCUT2D eigenvalue weighted by molar-refractivity contribution is 0.0931. The predicted octanol–water partition coefficient (Wildman–Crippen LogP) is 0.795. The number of aliphatic hydroxyl groups excluding tert-OH is 1. The summed E-state index contributed by atoms with van der Waals surface area (Å²) in [5, 5.41) is 20.5. The fourth-order valence-electron chi connectivity index (χ4n) is 1.40. The van der Waals surface area contributed by atoms with Crippen LogP contribution in [0.15, 0.2) is 18.3 Å². The lowest BCUT2D eigenvalue weighted by Gasteiger charge is -2.20. The molecule has 5 nitrogen and oxygen atoms in total. The number of aliphatic hydroxyl groups is 1. The molecule has 2 N–H and O–H groups in total. The summed E-state index contributed by atoms with van der Waals surface area (Å²) in [6.07, 6.45) is 3.24. The van der Waals surface area contributed by atoms with Gasteiger partial charge in [0.05, 0.1) is 12.2 Å². The quantitative estimate of drug-likeness (QED) is 0.822. The summed E-state index contributed by atoms with van der Waals surface area (Å²) in [4.78, 5) is 15.8. The fourth-order valence-corrected chi connectivity index (χ4v) is 2.03. The van der Waals surface area contributed by atoms with E-state index in [0.717, 1.165) is 0 Å². The predicted molar refractivity (Wildman–Crippen MR) is 70.3 cm³/mol. The number of carbonyl (C=O) groups excluding carboxylic acids is 1. The van der Waals surface area contributed by atoms with Crippen LogP contribution in [0.2, 0.25) is 0 Å². The molecule has 0 aromatic carbocycles. The second kappa shape index (κ2) is 6.99. The Bertz CT molecular complexity index is 438. The first-order chi connectivity index (χ1) is 8.62. The number of amides is 1. The van der Waals surface area contributed by atoms with E-state index >= 15 is 0 Å². The summed E-state index contributed by atoms with van der Waals surface area (Å²) in [6.45, 7) is 1.84. The number of nitrogens with zero attached hydrogens (tertiary/aromatic N) is 2. The minimum absolute atomic E-state index is 0.00339. The Morgan fingerprint density at radius 1 is 1.67 bits per heavy atom. The topological polar surface area (TPSA) is 86.0 Å². The van der Waals surface area contributed by atoms with Crippen molar-refractivity contribution >= 4 is 17.7 Å². The lowest BCUT2D eigenvalue weighted by atomic mass is 10.2. The van der Waals surface area contributed by atoms with Crippen LogP contribution in [0.3, 0.4) is 0 Å². The maximum atomic E-state index is 11.8. The zero-order valence-electron chi connectivity index (χ0n) is 10.3. The second-order valence-corrected chi connectivity index (χ2v) is 4.84. The first-order valence-electron chi connectivity index (χ1n) is 5.43. The molecule has 0 saturated carbocycles. The van der Waals surface area contributed by atoms with Gasteiger partial charge in [-0.05, 0) is 25.3 Å². The van der Waals surface area contributed by atoms with E-state index in [-0.39, 0.29) is 29.5 Å². The van der Waals surface area contributed by atoms with Crippen molar-refractivity contribution in [2.24, 2.45) is 0 Å². The molecule has 0 radical (unpaired) electrons. The third-order valence-corrected chi connectivity index (χ3v) is 3.69. The molecular formula is C12H15N3O2S. The molecule has 96 valence electrons. The number of hydrogen-bond donors (Lipinski definition) is 2. The highest BCUT2D eigenvalue weighted by Gasteiger charge is 2.18. The van der Waals surface area contributed by atoms with Gasteiger partial charge in [-0.1, -0.05) is 0 Å². The molecular weight excluding hydrogens is 250 g/mol. The minimum Gasteiger partial charge on any atom is -0.395 e. The van der Waals surface area contributed by atoms with Crippen molar-refractivity contribution in [1.29, 1.82) is 5.26 Å². The van der Waals surface area contributed by atoms with Crippen LogP contribution in [0.1, 0.15) is 23.0 Å². The van der Waals surface area contributed by atoms with E-state index in [1.807, 2.05) is 19.2 Å². The molecule has 2 atom stereocenters. The van der Waals surface area contributed by atoms with Crippen LogP contribution in [0.4, 0.5) is 0 Å². The molecule has 0 aliphatic carbocycles. The van der Waals surface area contributed by atoms with Gasteiger partial charge in [0.15, 0.2) is 0 Å². The molecule has 1 aromatic heterocycles. The number of nitrogens with one attached hydrogen (secondary N) is 1.